The van der Waals surface area contributed by atoms with Gasteiger partial charge in [-0.25, -0.2) is 4.98 Å². The number of fused-ring (bicyclic) bond motifs is 1. The molecule has 0 unspecified atom stereocenters. The second-order valence-electron chi connectivity index (χ2n) is 8.06. The van der Waals surface area contributed by atoms with Gasteiger partial charge in [0.05, 0.1) is 18.3 Å². The Morgan fingerprint density at radius 2 is 1.90 bits per heavy atom. The van der Waals surface area contributed by atoms with Crippen LogP contribution in [0.2, 0.25) is 0 Å². The molecule has 1 fully saturated rings. The van der Waals surface area contributed by atoms with Gasteiger partial charge in [0.2, 0.25) is 5.91 Å². The molecule has 4 heterocycles. The molecule has 1 N–H and O–H groups in total. The molecule has 1 amide bonds. The number of anilines is 1. The van der Waals surface area contributed by atoms with Gasteiger partial charge in [-0.05, 0) is 42.7 Å². The Morgan fingerprint density at radius 1 is 1.06 bits per heavy atom. The number of amides is 1. The summed E-state index contributed by atoms with van der Waals surface area (Å²) >= 11 is 0. The Hall–Kier alpha value is -3.54. The number of carbonyl (C=O) groups excluding carboxylic acids is 1. The van der Waals surface area contributed by atoms with Crippen molar-refractivity contribution in [1.82, 2.24) is 14.9 Å². The van der Waals surface area contributed by atoms with Gasteiger partial charge in [-0.15, -0.1) is 0 Å². The van der Waals surface area contributed by atoms with Crippen molar-refractivity contribution in [3.8, 4) is 0 Å². The molecule has 0 aliphatic carbocycles. The highest BCUT2D eigenvalue weighted by Gasteiger charge is 2.26. The fraction of sp³-hybridized carbons (Fsp3) is 0.280. The number of aromatic nitrogens is 2. The molecular formula is C25H26N4O2. The van der Waals surface area contributed by atoms with Crippen molar-refractivity contribution in [3.05, 3.63) is 84.6 Å². The molecule has 0 radical (unpaired) electrons. The van der Waals surface area contributed by atoms with Crippen LogP contribution in [-0.2, 0) is 17.9 Å². The molecule has 6 heteroatoms. The summed E-state index contributed by atoms with van der Waals surface area (Å²) in [4.78, 5) is 19.5. The molecule has 31 heavy (non-hydrogen) atoms. The molecule has 1 aliphatic heterocycles. The summed E-state index contributed by atoms with van der Waals surface area (Å²) < 4.78 is 7.56. The van der Waals surface area contributed by atoms with E-state index in [-0.39, 0.29) is 11.8 Å². The molecule has 4 aromatic rings. The molecule has 0 atom stereocenters. The zero-order chi connectivity index (χ0) is 21.0. The van der Waals surface area contributed by atoms with Crippen LogP contribution >= 0.6 is 0 Å². The number of rotatable bonds is 6. The first kappa shape index (κ1) is 19.4. The molecule has 5 rings (SSSR count). The van der Waals surface area contributed by atoms with Crippen LogP contribution in [0.4, 0.5) is 5.82 Å². The SMILES string of the molecule is O=C(NCc1ccco1)C1CCN(c2nccc3c2ccn3Cc2ccccc2)CC1. The van der Waals surface area contributed by atoms with Crippen molar-refractivity contribution in [3.63, 3.8) is 0 Å². The number of nitrogens with one attached hydrogen (secondary N) is 1. The highest BCUT2D eigenvalue weighted by atomic mass is 16.3. The van der Waals surface area contributed by atoms with E-state index in [0.29, 0.717) is 6.54 Å². The van der Waals surface area contributed by atoms with Crippen LogP contribution in [0, 0.1) is 5.92 Å². The standard InChI is InChI=1S/C25H26N4O2/c30-25(27-17-21-7-4-16-31-21)20-9-13-28(14-10-20)24-22-11-15-29(23(22)8-12-26-24)18-19-5-2-1-3-6-19/h1-8,11-12,15-16,20H,9-10,13-14,17-18H2,(H,27,30). The van der Waals surface area contributed by atoms with Crippen molar-refractivity contribution in [2.24, 2.45) is 5.92 Å². The van der Waals surface area contributed by atoms with Crippen LogP contribution in [0.25, 0.3) is 10.9 Å². The van der Waals surface area contributed by atoms with Crippen LogP contribution in [0.15, 0.2) is 77.7 Å². The molecule has 6 nitrogen and oxygen atoms in total. The Morgan fingerprint density at radius 3 is 2.68 bits per heavy atom. The van der Waals surface area contributed by atoms with Crippen LogP contribution in [0.5, 0.6) is 0 Å². The van der Waals surface area contributed by atoms with Gasteiger partial charge < -0.3 is 19.2 Å². The normalized spacial score (nSPS) is 14.8. The van der Waals surface area contributed by atoms with E-state index in [1.807, 2.05) is 24.4 Å². The van der Waals surface area contributed by atoms with Gasteiger partial charge in [0.15, 0.2) is 0 Å². The number of benzene rings is 1. The summed E-state index contributed by atoms with van der Waals surface area (Å²) in [6.45, 7) is 2.94. The quantitative estimate of drug-likeness (QED) is 0.513. The van der Waals surface area contributed by atoms with Crippen LogP contribution in [0.3, 0.4) is 0 Å². The molecule has 0 spiro atoms. The number of nitrogens with zero attached hydrogens (tertiary/aromatic N) is 3. The van der Waals surface area contributed by atoms with Gasteiger partial charge in [-0.1, -0.05) is 30.3 Å². The monoisotopic (exact) mass is 414 g/mol. The smallest absolute Gasteiger partial charge is 0.223 e. The van der Waals surface area contributed by atoms with Crippen LogP contribution in [0.1, 0.15) is 24.2 Å². The highest BCUT2D eigenvalue weighted by Crippen LogP contribution is 2.29. The van der Waals surface area contributed by atoms with E-state index in [1.54, 1.807) is 6.26 Å². The number of pyridine rings is 1. The molecule has 0 bridgehead atoms. The topological polar surface area (TPSA) is 63.3 Å². The molecular weight excluding hydrogens is 388 g/mol. The first-order chi connectivity index (χ1) is 15.3. The summed E-state index contributed by atoms with van der Waals surface area (Å²) in [6, 6.07) is 18.4. The van der Waals surface area contributed by atoms with E-state index in [9.17, 15) is 4.79 Å². The van der Waals surface area contributed by atoms with E-state index in [2.05, 4.69) is 57.4 Å². The fourth-order valence-corrected chi connectivity index (χ4v) is 4.36. The lowest BCUT2D eigenvalue weighted by Gasteiger charge is -2.32. The van der Waals surface area contributed by atoms with E-state index >= 15 is 0 Å². The van der Waals surface area contributed by atoms with Gasteiger partial charge in [0.1, 0.15) is 11.6 Å². The summed E-state index contributed by atoms with van der Waals surface area (Å²) in [5, 5.41) is 4.16. The van der Waals surface area contributed by atoms with Gasteiger partial charge in [0, 0.05) is 43.3 Å². The molecule has 1 aromatic carbocycles. The van der Waals surface area contributed by atoms with Crippen molar-refractivity contribution in [2.75, 3.05) is 18.0 Å². The van der Waals surface area contributed by atoms with Crippen LogP contribution in [-0.4, -0.2) is 28.5 Å². The molecule has 1 saturated heterocycles. The number of hydrogen-bond donors (Lipinski definition) is 1. The maximum absolute atomic E-state index is 12.5. The van der Waals surface area contributed by atoms with E-state index in [0.717, 1.165) is 44.1 Å². The second-order valence-corrected chi connectivity index (χ2v) is 8.06. The largest absolute Gasteiger partial charge is 0.467 e. The Bertz CT molecular complexity index is 1140. The predicted octanol–water partition coefficient (Wildman–Crippen LogP) is 4.21. The fourth-order valence-electron chi connectivity index (χ4n) is 4.36. The van der Waals surface area contributed by atoms with Gasteiger partial charge in [0.25, 0.3) is 0 Å². The third-order valence-corrected chi connectivity index (χ3v) is 6.05. The Balaban J connectivity index is 1.25. The molecule has 3 aromatic heterocycles. The zero-order valence-electron chi connectivity index (χ0n) is 17.4. The third kappa shape index (κ3) is 4.19. The summed E-state index contributed by atoms with van der Waals surface area (Å²) in [6.07, 6.45) is 7.30. The van der Waals surface area contributed by atoms with E-state index in [4.69, 9.17) is 9.40 Å². The van der Waals surface area contributed by atoms with Crippen LogP contribution < -0.4 is 10.2 Å². The van der Waals surface area contributed by atoms with Gasteiger partial charge in [-0.2, -0.15) is 0 Å². The lowest BCUT2D eigenvalue weighted by atomic mass is 9.95. The minimum absolute atomic E-state index is 0.0353. The molecule has 158 valence electrons. The lowest BCUT2D eigenvalue weighted by Crippen LogP contribution is -2.40. The minimum Gasteiger partial charge on any atom is -0.467 e. The average molecular weight is 415 g/mol. The Kier molecular flexibility index (Phi) is 5.44. The minimum atomic E-state index is 0.0353. The van der Waals surface area contributed by atoms with Crippen molar-refractivity contribution in [2.45, 2.75) is 25.9 Å². The number of piperidine rings is 1. The number of furan rings is 1. The van der Waals surface area contributed by atoms with Crippen molar-refractivity contribution >= 4 is 22.6 Å². The van der Waals surface area contributed by atoms with Gasteiger partial charge in [-0.3, -0.25) is 4.79 Å². The van der Waals surface area contributed by atoms with E-state index < -0.39 is 0 Å². The summed E-state index contributed by atoms with van der Waals surface area (Å²) in [7, 11) is 0. The first-order valence-electron chi connectivity index (χ1n) is 10.8. The molecule has 1 aliphatic rings. The average Bonchev–Trinajstić information content (AvgIpc) is 3.49. The number of carbonyl (C=O) groups is 1. The lowest BCUT2D eigenvalue weighted by molar-refractivity contribution is -0.125. The maximum atomic E-state index is 12.5. The first-order valence-corrected chi connectivity index (χ1v) is 10.8. The predicted molar refractivity (Wildman–Crippen MR) is 121 cm³/mol. The summed E-state index contributed by atoms with van der Waals surface area (Å²) in [5.74, 6) is 1.93. The van der Waals surface area contributed by atoms with Crippen molar-refractivity contribution in [1.29, 1.82) is 0 Å². The highest BCUT2D eigenvalue weighted by molar-refractivity contribution is 5.91. The Labute approximate surface area is 181 Å². The summed E-state index contributed by atoms with van der Waals surface area (Å²) in [5.41, 5.74) is 2.46. The zero-order valence-corrected chi connectivity index (χ0v) is 17.4. The van der Waals surface area contributed by atoms with E-state index in [1.165, 1.54) is 16.5 Å². The number of hydrogen-bond acceptors (Lipinski definition) is 4. The van der Waals surface area contributed by atoms with Gasteiger partial charge >= 0.3 is 0 Å². The second kappa shape index (κ2) is 8.68. The molecule has 0 saturated carbocycles. The maximum Gasteiger partial charge on any atom is 0.223 e. The third-order valence-electron chi connectivity index (χ3n) is 6.05. The van der Waals surface area contributed by atoms with Crippen molar-refractivity contribution < 1.29 is 9.21 Å².